The molecule has 4 heteroatoms. The third-order valence-corrected chi connectivity index (χ3v) is 4.29. The number of nitrogens with zero attached hydrogens (tertiary/aromatic N) is 2. The molecule has 0 bridgehead atoms. The van der Waals surface area contributed by atoms with Gasteiger partial charge in [-0.2, -0.15) is 0 Å². The van der Waals surface area contributed by atoms with E-state index in [1.807, 2.05) is 54.6 Å². The van der Waals surface area contributed by atoms with Crippen molar-refractivity contribution >= 4 is 10.9 Å². The first-order chi connectivity index (χ1) is 12.1. The molecular weight excluding hydrogens is 310 g/mol. The average Bonchev–Trinajstić information content (AvgIpc) is 2.62. The molecule has 130 valence electrons. The van der Waals surface area contributed by atoms with Crippen molar-refractivity contribution in [1.82, 2.24) is 14.9 Å². The Labute approximate surface area is 148 Å². The summed E-state index contributed by atoms with van der Waals surface area (Å²) in [5.74, 6) is 1.32. The maximum Gasteiger partial charge on any atom is 0.261 e. The number of fused-ring (bicyclic) bond motifs is 1. The quantitative estimate of drug-likeness (QED) is 0.746. The van der Waals surface area contributed by atoms with Crippen molar-refractivity contribution in [3.8, 4) is 0 Å². The normalized spacial score (nSPS) is 12.6. The van der Waals surface area contributed by atoms with Gasteiger partial charge in [-0.15, -0.1) is 0 Å². The fourth-order valence-electron chi connectivity index (χ4n) is 2.94. The fourth-order valence-corrected chi connectivity index (χ4v) is 2.94. The molecule has 2 aromatic carbocycles. The number of rotatable bonds is 6. The van der Waals surface area contributed by atoms with Gasteiger partial charge in [-0.25, -0.2) is 4.98 Å². The number of aromatic nitrogens is 2. The molecule has 0 fully saturated rings. The van der Waals surface area contributed by atoms with Gasteiger partial charge < -0.3 is 5.32 Å². The van der Waals surface area contributed by atoms with E-state index >= 15 is 0 Å². The van der Waals surface area contributed by atoms with Crippen LogP contribution < -0.4 is 10.9 Å². The summed E-state index contributed by atoms with van der Waals surface area (Å²) in [7, 11) is 0. The van der Waals surface area contributed by atoms with Gasteiger partial charge in [0.05, 0.1) is 23.5 Å². The van der Waals surface area contributed by atoms with E-state index in [2.05, 4.69) is 26.1 Å². The second-order valence-electron chi connectivity index (χ2n) is 6.89. The summed E-state index contributed by atoms with van der Waals surface area (Å²) >= 11 is 0. The van der Waals surface area contributed by atoms with Gasteiger partial charge in [-0.3, -0.25) is 9.36 Å². The van der Waals surface area contributed by atoms with Gasteiger partial charge in [0.25, 0.3) is 5.56 Å². The SMILES string of the molecule is CC(C)CN[C@@H](C)c1nc2ccccc2c(=O)n1Cc1ccccc1. The predicted molar refractivity (Wildman–Crippen MR) is 103 cm³/mol. The zero-order valence-electron chi connectivity index (χ0n) is 15.1. The van der Waals surface area contributed by atoms with Crippen LogP contribution in [0.2, 0.25) is 0 Å². The molecule has 4 nitrogen and oxygen atoms in total. The standard InChI is InChI=1S/C21H25N3O/c1-15(2)13-22-16(3)20-23-19-12-8-7-11-18(19)21(25)24(20)14-17-9-5-4-6-10-17/h4-12,15-16,22H,13-14H2,1-3H3/t16-/m0/s1. The van der Waals surface area contributed by atoms with Crippen molar-refractivity contribution in [1.29, 1.82) is 0 Å². The number of hydrogen-bond acceptors (Lipinski definition) is 3. The lowest BCUT2D eigenvalue weighted by Gasteiger charge is -2.20. The van der Waals surface area contributed by atoms with E-state index in [4.69, 9.17) is 4.98 Å². The first-order valence-electron chi connectivity index (χ1n) is 8.83. The molecule has 0 aliphatic heterocycles. The fraction of sp³-hybridized carbons (Fsp3) is 0.333. The van der Waals surface area contributed by atoms with E-state index in [-0.39, 0.29) is 11.6 Å². The van der Waals surface area contributed by atoms with E-state index in [1.54, 1.807) is 4.57 Å². The summed E-state index contributed by atoms with van der Waals surface area (Å²) < 4.78 is 1.80. The smallest absolute Gasteiger partial charge is 0.261 e. The second kappa shape index (κ2) is 7.62. The molecule has 0 aliphatic carbocycles. The van der Waals surface area contributed by atoms with Crippen molar-refractivity contribution < 1.29 is 0 Å². The Morgan fingerprint density at radius 3 is 2.40 bits per heavy atom. The molecule has 1 aromatic heterocycles. The van der Waals surface area contributed by atoms with Crippen LogP contribution >= 0.6 is 0 Å². The van der Waals surface area contributed by atoms with Crippen LogP contribution in [-0.2, 0) is 6.54 Å². The van der Waals surface area contributed by atoms with Crippen LogP contribution in [0, 0.1) is 5.92 Å². The second-order valence-corrected chi connectivity index (χ2v) is 6.89. The van der Waals surface area contributed by atoms with E-state index in [1.165, 1.54) is 0 Å². The molecule has 0 radical (unpaired) electrons. The van der Waals surface area contributed by atoms with Crippen molar-refractivity contribution in [2.24, 2.45) is 5.92 Å². The third-order valence-electron chi connectivity index (χ3n) is 4.29. The zero-order chi connectivity index (χ0) is 17.8. The maximum absolute atomic E-state index is 13.1. The summed E-state index contributed by atoms with van der Waals surface area (Å²) in [4.78, 5) is 17.9. The van der Waals surface area contributed by atoms with Crippen molar-refractivity contribution in [2.45, 2.75) is 33.4 Å². The van der Waals surface area contributed by atoms with E-state index in [0.29, 0.717) is 17.8 Å². The summed E-state index contributed by atoms with van der Waals surface area (Å²) in [5.41, 5.74) is 1.87. The number of para-hydroxylation sites is 1. The topological polar surface area (TPSA) is 46.9 Å². The van der Waals surface area contributed by atoms with Crippen LogP contribution in [0.5, 0.6) is 0 Å². The van der Waals surface area contributed by atoms with E-state index in [9.17, 15) is 4.79 Å². The van der Waals surface area contributed by atoms with Gasteiger partial charge in [-0.05, 0) is 37.1 Å². The number of hydrogen-bond donors (Lipinski definition) is 1. The predicted octanol–water partition coefficient (Wildman–Crippen LogP) is 3.75. The molecule has 25 heavy (non-hydrogen) atoms. The molecule has 1 atom stereocenters. The lowest BCUT2D eigenvalue weighted by molar-refractivity contribution is 0.463. The molecule has 0 aliphatic rings. The molecule has 0 unspecified atom stereocenters. The molecule has 0 amide bonds. The van der Waals surface area contributed by atoms with Crippen LogP contribution in [0.1, 0.15) is 38.2 Å². The van der Waals surface area contributed by atoms with Crippen LogP contribution in [0.15, 0.2) is 59.4 Å². The first-order valence-corrected chi connectivity index (χ1v) is 8.83. The molecule has 0 spiro atoms. The molecular formula is C21H25N3O. The Balaban J connectivity index is 2.09. The van der Waals surface area contributed by atoms with Gasteiger partial charge in [-0.1, -0.05) is 56.3 Å². The van der Waals surface area contributed by atoms with E-state index in [0.717, 1.165) is 23.4 Å². The Bertz CT molecular complexity index is 900. The van der Waals surface area contributed by atoms with Crippen molar-refractivity contribution in [2.75, 3.05) is 6.54 Å². The van der Waals surface area contributed by atoms with Gasteiger partial charge in [0, 0.05) is 0 Å². The Morgan fingerprint density at radius 1 is 1.00 bits per heavy atom. The van der Waals surface area contributed by atoms with Gasteiger partial charge in [0.1, 0.15) is 5.82 Å². The average molecular weight is 335 g/mol. The highest BCUT2D eigenvalue weighted by atomic mass is 16.1. The monoisotopic (exact) mass is 335 g/mol. The van der Waals surface area contributed by atoms with Gasteiger partial charge in [0.15, 0.2) is 0 Å². The minimum absolute atomic E-state index is 0.00317. The highest BCUT2D eigenvalue weighted by molar-refractivity contribution is 5.77. The molecule has 0 saturated carbocycles. The summed E-state index contributed by atoms with van der Waals surface area (Å²) in [5, 5.41) is 4.16. The minimum Gasteiger partial charge on any atom is -0.307 e. The summed E-state index contributed by atoms with van der Waals surface area (Å²) in [6.07, 6.45) is 0. The van der Waals surface area contributed by atoms with Crippen LogP contribution in [-0.4, -0.2) is 16.1 Å². The third kappa shape index (κ3) is 3.97. The molecule has 1 N–H and O–H groups in total. The summed E-state index contributed by atoms with van der Waals surface area (Å²) in [6, 6.07) is 17.6. The largest absolute Gasteiger partial charge is 0.307 e. The maximum atomic E-state index is 13.1. The van der Waals surface area contributed by atoms with Crippen molar-refractivity contribution in [3.63, 3.8) is 0 Å². The Morgan fingerprint density at radius 2 is 1.68 bits per heavy atom. The first kappa shape index (κ1) is 17.4. The zero-order valence-corrected chi connectivity index (χ0v) is 15.1. The molecule has 0 saturated heterocycles. The molecule has 3 rings (SSSR count). The van der Waals surface area contributed by atoms with E-state index < -0.39 is 0 Å². The van der Waals surface area contributed by atoms with Crippen LogP contribution in [0.4, 0.5) is 0 Å². The molecule has 1 heterocycles. The van der Waals surface area contributed by atoms with Crippen LogP contribution in [0.3, 0.4) is 0 Å². The lowest BCUT2D eigenvalue weighted by Crippen LogP contribution is -2.32. The lowest BCUT2D eigenvalue weighted by atomic mass is 10.1. The van der Waals surface area contributed by atoms with Crippen molar-refractivity contribution in [3.05, 3.63) is 76.3 Å². The number of benzene rings is 2. The highest BCUT2D eigenvalue weighted by Crippen LogP contribution is 2.15. The number of nitrogens with one attached hydrogen (secondary N) is 1. The Hall–Kier alpha value is -2.46. The van der Waals surface area contributed by atoms with Gasteiger partial charge >= 0.3 is 0 Å². The van der Waals surface area contributed by atoms with Gasteiger partial charge in [0.2, 0.25) is 0 Å². The summed E-state index contributed by atoms with van der Waals surface area (Å²) in [6.45, 7) is 7.82. The molecule has 3 aromatic rings. The van der Waals surface area contributed by atoms with Crippen LogP contribution in [0.25, 0.3) is 10.9 Å². The minimum atomic E-state index is 0.00317. The Kier molecular flexibility index (Phi) is 5.29. The highest BCUT2D eigenvalue weighted by Gasteiger charge is 2.16.